The van der Waals surface area contributed by atoms with Crippen molar-refractivity contribution in [3.8, 4) is 5.75 Å². The van der Waals surface area contributed by atoms with Crippen LogP contribution >= 0.6 is 0 Å². The average Bonchev–Trinajstić information content (AvgIpc) is 2.61. The highest BCUT2D eigenvalue weighted by Crippen LogP contribution is 2.20. The molecule has 0 aliphatic carbocycles. The number of rotatable bonds is 9. The molecule has 0 aliphatic rings. The predicted molar refractivity (Wildman–Crippen MR) is 92.9 cm³/mol. The summed E-state index contributed by atoms with van der Waals surface area (Å²) in [5.74, 6) is -0.258. The molecule has 5 heteroatoms. The first-order chi connectivity index (χ1) is 11.7. The van der Waals surface area contributed by atoms with E-state index in [2.05, 4.69) is 12.2 Å². The third kappa shape index (κ3) is 5.91. The van der Waals surface area contributed by atoms with Crippen molar-refractivity contribution in [2.45, 2.75) is 26.2 Å². The SMILES string of the molecule is CCCCCNC(=O)COC(=O)COc1ccc2ccccc2c1. The van der Waals surface area contributed by atoms with Gasteiger partial charge in [-0.15, -0.1) is 0 Å². The molecule has 0 unspecified atom stereocenters. The Kier molecular flexibility index (Phi) is 7.08. The van der Waals surface area contributed by atoms with Crippen molar-refractivity contribution < 1.29 is 19.1 Å². The standard InChI is InChI=1S/C19H23NO4/c1-2-3-6-11-20-18(21)13-24-19(22)14-23-17-10-9-15-7-4-5-8-16(15)12-17/h4-5,7-10,12H,2-3,6,11,13-14H2,1H3,(H,20,21). The Morgan fingerprint density at radius 3 is 2.58 bits per heavy atom. The van der Waals surface area contributed by atoms with E-state index in [1.807, 2.05) is 36.4 Å². The second-order valence-corrected chi connectivity index (χ2v) is 5.52. The topological polar surface area (TPSA) is 64.6 Å². The van der Waals surface area contributed by atoms with E-state index in [0.717, 1.165) is 30.0 Å². The minimum absolute atomic E-state index is 0.221. The fourth-order valence-corrected chi connectivity index (χ4v) is 2.24. The van der Waals surface area contributed by atoms with Crippen molar-refractivity contribution >= 4 is 22.6 Å². The molecule has 2 rings (SSSR count). The molecule has 1 N–H and O–H groups in total. The van der Waals surface area contributed by atoms with Crippen molar-refractivity contribution in [3.05, 3.63) is 42.5 Å². The smallest absolute Gasteiger partial charge is 0.344 e. The van der Waals surface area contributed by atoms with Crippen LogP contribution in [0.1, 0.15) is 26.2 Å². The van der Waals surface area contributed by atoms with E-state index in [0.29, 0.717) is 12.3 Å². The third-order valence-corrected chi connectivity index (χ3v) is 3.54. The molecule has 5 nitrogen and oxygen atoms in total. The molecule has 0 saturated carbocycles. The van der Waals surface area contributed by atoms with Crippen LogP contribution in [0.25, 0.3) is 10.8 Å². The van der Waals surface area contributed by atoms with Crippen LogP contribution in [0, 0.1) is 0 Å². The van der Waals surface area contributed by atoms with Gasteiger partial charge in [0.1, 0.15) is 5.75 Å². The van der Waals surface area contributed by atoms with Gasteiger partial charge in [-0.25, -0.2) is 4.79 Å². The van der Waals surface area contributed by atoms with E-state index in [4.69, 9.17) is 9.47 Å². The first-order valence-corrected chi connectivity index (χ1v) is 8.23. The molecule has 2 aromatic carbocycles. The molecule has 0 radical (unpaired) electrons. The van der Waals surface area contributed by atoms with Crippen LogP contribution in [0.15, 0.2) is 42.5 Å². The van der Waals surface area contributed by atoms with Crippen LogP contribution in [0.5, 0.6) is 5.75 Å². The summed E-state index contributed by atoms with van der Waals surface area (Å²) < 4.78 is 10.3. The maximum absolute atomic E-state index is 11.6. The third-order valence-electron chi connectivity index (χ3n) is 3.54. The molecular weight excluding hydrogens is 306 g/mol. The number of unbranched alkanes of at least 4 members (excludes halogenated alkanes) is 2. The Hall–Kier alpha value is -2.56. The lowest BCUT2D eigenvalue weighted by molar-refractivity contribution is -0.150. The van der Waals surface area contributed by atoms with Gasteiger partial charge in [0.05, 0.1) is 0 Å². The van der Waals surface area contributed by atoms with E-state index in [-0.39, 0.29) is 19.1 Å². The quantitative estimate of drug-likeness (QED) is 0.567. The molecule has 0 aliphatic heterocycles. The number of benzene rings is 2. The van der Waals surface area contributed by atoms with Gasteiger partial charge in [-0.1, -0.05) is 50.1 Å². The maximum Gasteiger partial charge on any atom is 0.344 e. The molecular formula is C19H23NO4. The molecule has 0 saturated heterocycles. The Morgan fingerprint density at radius 1 is 1.00 bits per heavy atom. The summed E-state index contributed by atoms with van der Waals surface area (Å²) in [5, 5.41) is 4.85. The number of ether oxygens (including phenoxy) is 2. The lowest BCUT2D eigenvalue weighted by Gasteiger charge is -2.08. The lowest BCUT2D eigenvalue weighted by Crippen LogP contribution is -2.30. The molecule has 1 amide bonds. The van der Waals surface area contributed by atoms with Gasteiger partial charge >= 0.3 is 5.97 Å². The molecule has 0 aromatic heterocycles. The van der Waals surface area contributed by atoms with Gasteiger partial charge in [0.2, 0.25) is 0 Å². The van der Waals surface area contributed by atoms with Crippen molar-refractivity contribution in [2.24, 2.45) is 0 Å². The molecule has 0 atom stereocenters. The molecule has 0 fully saturated rings. The summed E-state index contributed by atoms with van der Waals surface area (Å²) in [6.07, 6.45) is 3.10. The van der Waals surface area contributed by atoms with Crippen LogP contribution in [0.3, 0.4) is 0 Å². The first-order valence-electron chi connectivity index (χ1n) is 8.23. The van der Waals surface area contributed by atoms with Gasteiger partial charge in [0.25, 0.3) is 5.91 Å². The van der Waals surface area contributed by atoms with E-state index in [9.17, 15) is 9.59 Å². The van der Waals surface area contributed by atoms with E-state index in [1.165, 1.54) is 0 Å². The number of hydrogen-bond donors (Lipinski definition) is 1. The molecule has 0 bridgehead atoms. The van der Waals surface area contributed by atoms with Crippen molar-refractivity contribution in [1.29, 1.82) is 0 Å². The Bertz CT molecular complexity index is 684. The molecule has 0 spiro atoms. The Labute approximate surface area is 141 Å². The van der Waals surface area contributed by atoms with E-state index >= 15 is 0 Å². The van der Waals surface area contributed by atoms with Gasteiger partial charge in [-0.2, -0.15) is 0 Å². The summed E-state index contributed by atoms with van der Waals surface area (Å²) >= 11 is 0. The number of nitrogens with one attached hydrogen (secondary N) is 1. The fourth-order valence-electron chi connectivity index (χ4n) is 2.24. The zero-order valence-electron chi connectivity index (χ0n) is 13.9. The molecule has 0 heterocycles. The molecule has 24 heavy (non-hydrogen) atoms. The highest BCUT2D eigenvalue weighted by molar-refractivity contribution is 5.84. The van der Waals surface area contributed by atoms with Crippen molar-refractivity contribution in [1.82, 2.24) is 5.32 Å². The van der Waals surface area contributed by atoms with Crippen LogP contribution in [0.4, 0.5) is 0 Å². The molecule has 2 aromatic rings. The largest absolute Gasteiger partial charge is 0.482 e. The lowest BCUT2D eigenvalue weighted by atomic mass is 10.1. The number of amides is 1. The zero-order chi connectivity index (χ0) is 17.2. The van der Waals surface area contributed by atoms with Crippen molar-refractivity contribution in [2.75, 3.05) is 19.8 Å². The second kappa shape index (κ2) is 9.55. The Balaban J connectivity index is 1.69. The van der Waals surface area contributed by atoms with Crippen LogP contribution < -0.4 is 10.1 Å². The van der Waals surface area contributed by atoms with Gasteiger partial charge < -0.3 is 14.8 Å². The number of esters is 1. The van der Waals surface area contributed by atoms with E-state index < -0.39 is 5.97 Å². The first kappa shape index (κ1) is 17.8. The minimum Gasteiger partial charge on any atom is -0.482 e. The highest BCUT2D eigenvalue weighted by Gasteiger charge is 2.08. The summed E-state index contributed by atoms with van der Waals surface area (Å²) in [5.41, 5.74) is 0. The number of carbonyl (C=O) groups excluding carboxylic acids is 2. The van der Waals surface area contributed by atoms with Gasteiger partial charge in [0, 0.05) is 6.54 Å². The fraction of sp³-hybridized carbons (Fsp3) is 0.368. The maximum atomic E-state index is 11.6. The molecule has 128 valence electrons. The average molecular weight is 329 g/mol. The van der Waals surface area contributed by atoms with Gasteiger partial charge in [-0.05, 0) is 29.3 Å². The highest BCUT2D eigenvalue weighted by atomic mass is 16.6. The predicted octanol–water partition coefficient (Wildman–Crippen LogP) is 3.07. The summed E-state index contributed by atoms with van der Waals surface area (Å²) in [6.45, 7) is 2.21. The second-order valence-electron chi connectivity index (χ2n) is 5.52. The zero-order valence-corrected chi connectivity index (χ0v) is 13.9. The van der Waals surface area contributed by atoms with Crippen molar-refractivity contribution in [3.63, 3.8) is 0 Å². The number of fused-ring (bicyclic) bond motifs is 1. The minimum atomic E-state index is -0.563. The number of hydrogen-bond acceptors (Lipinski definition) is 4. The van der Waals surface area contributed by atoms with Gasteiger partial charge in [-0.3, -0.25) is 4.79 Å². The van der Waals surface area contributed by atoms with Gasteiger partial charge in [0.15, 0.2) is 13.2 Å². The van der Waals surface area contributed by atoms with Crippen LogP contribution in [-0.2, 0) is 14.3 Å². The number of carbonyl (C=O) groups is 2. The summed E-state index contributed by atoms with van der Waals surface area (Å²) in [4.78, 5) is 23.1. The summed E-state index contributed by atoms with van der Waals surface area (Å²) in [6, 6.07) is 13.5. The Morgan fingerprint density at radius 2 is 1.79 bits per heavy atom. The van der Waals surface area contributed by atoms with Crippen LogP contribution in [-0.4, -0.2) is 31.6 Å². The summed E-state index contributed by atoms with van der Waals surface area (Å²) in [7, 11) is 0. The van der Waals surface area contributed by atoms with Crippen LogP contribution in [0.2, 0.25) is 0 Å². The normalized spacial score (nSPS) is 10.4. The monoisotopic (exact) mass is 329 g/mol. The van der Waals surface area contributed by atoms with E-state index in [1.54, 1.807) is 6.07 Å².